The molecule has 1 fully saturated rings. The van der Waals surface area contributed by atoms with Gasteiger partial charge in [0.25, 0.3) is 0 Å². The zero-order valence-electron chi connectivity index (χ0n) is 6.91. The first-order valence-electron chi connectivity index (χ1n) is 4.12. The molecule has 0 atom stereocenters. The van der Waals surface area contributed by atoms with E-state index in [-0.39, 0.29) is 11.8 Å². The van der Waals surface area contributed by atoms with Gasteiger partial charge in [0.1, 0.15) is 4.64 Å². The smallest absolute Gasteiger partial charge is 0.228 e. The van der Waals surface area contributed by atoms with Gasteiger partial charge in [0.15, 0.2) is 5.82 Å². The van der Waals surface area contributed by atoms with E-state index in [0.717, 1.165) is 12.8 Å². The SMILES string of the molecule is O=C(Nc1ccc(=S)[nH]n1)C1CC1. The van der Waals surface area contributed by atoms with Crippen LogP contribution in [0.25, 0.3) is 0 Å². The molecule has 5 heteroatoms. The Kier molecular flexibility index (Phi) is 2.10. The third kappa shape index (κ3) is 2.12. The highest BCUT2D eigenvalue weighted by Crippen LogP contribution is 2.29. The molecule has 0 bridgehead atoms. The number of carbonyl (C=O) groups excluding carboxylic acids is 1. The van der Waals surface area contributed by atoms with Crippen LogP contribution in [0, 0.1) is 10.6 Å². The van der Waals surface area contributed by atoms with Crippen molar-refractivity contribution in [2.24, 2.45) is 5.92 Å². The van der Waals surface area contributed by atoms with Gasteiger partial charge < -0.3 is 5.32 Å². The molecule has 1 saturated carbocycles. The summed E-state index contributed by atoms with van der Waals surface area (Å²) < 4.78 is 0.560. The topological polar surface area (TPSA) is 57.8 Å². The summed E-state index contributed by atoms with van der Waals surface area (Å²) in [4.78, 5) is 11.3. The number of amides is 1. The maximum Gasteiger partial charge on any atom is 0.228 e. The molecule has 0 aliphatic heterocycles. The van der Waals surface area contributed by atoms with Crippen LogP contribution in [0.1, 0.15) is 12.8 Å². The van der Waals surface area contributed by atoms with E-state index in [1.807, 2.05) is 0 Å². The van der Waals surface area contributed by atoms with Gasteiger partial charge >= 0.3 is 0 Å². The Bertz CT molecular complexity index is 363. The predicted octanol–water partition coefficient (Wildman–Crippen LogP) is 1.49. The van der Waals surface area contributed by atoms with Gasteiger partial charge in [-0.3, -0.25) is 9.89 Å². The first-order valence-corrected chi connectivity index (χ1v) is 4.53. The van der Waals surface area contributed by atoms with Crippen LogP contribution in [-0.2, 0) is 4.79 Å². The van der Waals surface area contributed by atoms with Gasteiger partial charge in [0, 0.05) is 5.92 Å². The van der Waals surface area contributed by atoms with Crippen molar-refractivity contribution in [1.82, 2.24) is 10.2 Å². The maximum atomic E-state index is 11.3. The summed E-state index contributed by atoms with van der Waals surface area (Å²) in [5.41, 5.74) is 0. The molecular formula is C8H9N3OS. The van der Waals surface area contributed by atoms with Crippen LogP contribution >= 0.6 is 12.2 Å². The van der Waals surface area contributed by atoms with E-state index in [0.29, 0.717) is 10.5 Å². The number of rotatable bonds is 2. The van der Waals surface area contributed by atoms with E-state index in [4.69, 9.17) is 12.2 Å². The maximum absolute atomic E-state index is 11.3. The highest BCUT2D eigenvalue weighted by atomic mass is 32.1. The lowest BCUT2D eigenvalue weighted by Gasteiger charge is -2.00. The first kappa shape index (κ1) is 8.37. The van der Waals surface area contributed by atoms with Crippen molar-refractivity contribution in [3.8, 4) is 0 Å². The molecule has 1 aromatic heterocycles. The Hall–Kier alpha value is -1.23. The van der Waals surface area contributed by atoms with Crippen LogP contribution in [0.4, 0.5) is 5.82 Å². The van der Waals surface area contributed by atoms with Crippen LogP contribution < -0.4 is 5.32 Å². The molecule has 4 nitrogen and oxygen atoms in total. The zero-order valence-corrected chi connectivity index (χ0v) is 7.73. The summed E-state index contributed by atoms with van der Waals surface area (Å²) in [5.74, 6) is 0.786. The van der Waals surface area contributed by atoms with Gasteiger partial charge in [-0.05, 0) is 25.0 Å². The lowest BCUT2D eigenvalue weighted by atomic mass is 10.4. The summed E-state index contributed by atoms with van der Waals surface area (Å²) in [6.07, 6.45) is 1.99. The number of hydrogen-bond acceptors (Lipinski definition) is 3. The number of carbonyl (C=O) groups is 1. The van der Waals surface area contributed by atoms with Crippen LogP contribution in [0.3, 0.4) is 0 Å². The second-order valence-corrected chi connectivity index (χ2v) is 3.51. The fourth-order valence-electron chi connectivity index (χ4n) is 0.988. The van der Waals surface area contributed by atoms with Gasteiger partial charge in [-0.2, -0.15) is 5.10 Å². The Morgan fingerprint density at radius 3 is 2.92 bits per heavy atom. The van der Waals surface area contributed by atoms with Crippen LogP contribution in [-0.4, -0.2) is 16.1 Å². The third-order valence-electron chi connectivity index (χ3n) is 1.88. The minimum absolute atomic E-state index is 0.0537. The van der Waals surface area contributed by atoms with Crippen molar-refractivity contribution in [2.75, 3.05) is 5.32 Å². The largest absolute Gasteiger partial charge is 0.309 e. The minimum atomic E-state index is 0.0537. The second-order valence-electron chi connectivity index (χ2n) is 3.07. The average molecular weight is 195 g/mol. The summed E-state index contributed by atoms with van der Waals surface area (Å²) in [5, 5.41) is 9.19. The molecule has 2 N–H and O–H groups in total. The number of aromatic nitrogens is 2. The molecule has 1 amide bonds. The normalized spacial score (nSPS) is 15.4. The minimum Gasteiger partial charge on any atom is -0.309 e. The standard InChI is InChI=1S/C8H9N3OS/c12-8(5-1-2-5)9-6-3-4-7(13)11-10-6/h3-5H,1-2H2,(H,11,13)(H,9,10,12). The van der Waals surface area contributed by atoms with E-state index in [2.05, 4.69) is 15.5 Å². The molecule has 0 saturated heterocycles. The number of nitrogens with zero attached hydrogens (tertiary/aromatic N) is 1. The molecule has 0 spiro atoms. The number of hydrogen-bond donors (Lipinski definition) is 2. The van der Waals surface area contributed by atoms with Crippen molar-refractivity contribution in [3.63, 3.8) is 0 Å². The molecule has 0 unspecified atom stereocenters. The summed E-state index contributed by atoms with van der Waals surface area (Å²) in [7, 11) is 0. The molecule has 1 aliphatic rings. The first-order chi connectivity index (χ1) is 6.25. The van der Waals surface area contributed by atoms with Crippen molar-refractivity contribution < 1.29 is 4.79 Å². The lowest BCUT2D eigenvalue weighted by Crippen LogP contribution is -2.14. The van der Waals surface area contributed by atoms with E-state index in [1.54, 1.807) is 12.1 Å². The fraction of sp³-hybridized carbons (Fsp3) is 0.375. The Balaban J connectivity index is 2.04. The Morgan fingerprint density at radius 2 is 2.38 bits per heavy atom. The number of H-pyrrole nitrogens is 1. The monoisotopic (exact) mass is 195 g/mol. The second kappa shape index (κ2) is 3.26. The zero-order chi connectivity index (χ0) is 9.26. The molecule has 1 aliphatic carbocycles. The highest BCUT2D eigenvalue weighted by Gasteiger charge is 2.29. The Morgan fingerprint density at radius 1 is 1.62 bits per heavy atom. The summed E-state index contributed by atoms with van der Waals surface area (Å²) in [6.45, 7) is 0. The van der Waals surface area contributed by atoms with Gasteiger partial charge in [-0.25, -0.2) is 0 Å². The van der Waals surface area contributed by atoms with Gasteiger partial charge in [0.05, 0.1) is 0 Å². The quantitative estimate of drug-likeness (QED) is 0.703. The van der Waals surface area contributed by atoms with E-state index >= 15 is 0 Å². The molecule has 68 valence electrons. The predicted molar refractivity (Wildman–Crippen MR) is 50.8 cm³/mol. The van der Waals surface area contributed by atoms with Crippen molar-refractivity contribution in [3.05, 3.63) is 16.8 Å². The summed E-state index contributed by atoms with van der Waals surface area (Å²) >= 11 is 4.82. The van der Waals surface area contributed by atoms with E-state index in [1.165, 1.54) is 0 Å². The molecular weight excluding hydrogens is 186 g/mol. The molecule has 0 aromatic carbocycles. The molecule has 0 radical (unpaired) electrons. The van der Waals surface area contributed by atoms with Crippen LogP contribution in [0.5, 0.6) is 0 Å². The van der Waals surface area contributed by atoms with Crippen molar-refractivity contribution >= 4 is 23.9 Å². The third-order valence-corrected chi connectivity index (χ3v) is 2.11. The van der Waals surface area contributed by atoms with Crippen LogP contribution in [0.15, 0.2) is 12.1 Å². The van der Waals surface area contributed by atoms with Gasteiger partial charge in [-0.15, -0.1) is 0 Å². The van der Waals surface area contributed by atoms with Gasteiger partial charge in [0.2, 0.25) is 5.91 Å². The van der Waals surface area contributed by atoms with Crippen molar-refractivity contribution in [1.29, 1.82) is 0 Å². The number of nitrogens with one attached hydrogen (secondary N) is 2. The Labute approximate surface area is 80.4 Å². The average Bonchev–Trinajstić information content (AvgIpc) is 2.91. The fourth-order valence-corrected chi connectivity index (χ4v) is 1.10. The molecule has 1 heterocycles. The molecule has 1 aromatic rings. The van der Waals surface area contributed by atoms with Crippen LogP contribution in [0.2, 0.25) is 0 Å². The summed E-state index contributed by atoms with van der Waals surface area (Å²) in [6, 6.07) is 3.39. The molecule has 2 rings (SSSR count). The lowest BCUT2D eigenvalue weighted by molar-refractivity contribution is -0.117. The van der Waals surface area contributed by atoms with Crippen molar-refractivity contribution in [2.45, 2.75) is 12.8 Å². The number of anilines is 1. The van der Waals surface area contributed by atoms with E-state index in [9.17, 15) is 4.79 Å². The van der Waals surface area contributed by atoms with Gasteiger partial charge in [-0.1, -0.05) is 12.2 Å². The highest BCUT2D eigenvalue weighted by molar-refractivity contribution is 7.71. The molecule has 13 heavy (non-hydrogen) atoms. The van der Waals surface area contributed by atoms with E-state index < -0.39 is 0 Å². The number of aromatic amines is 1.